The van der Waals surface area contributed by atoms with Gasteiger partial charge in [-0.05, 0) is 100 Å². The molecule has 7 heteroatoms. The molecule has 34 heavy (non-hydrogen) atoms. The Hall–Kier alpha value is -2.47. The highest BCUT2D eigenvalue weighted by Gasteiger charge is 2.34. The number of halogens is 2. The molecule has 1 aromatic heterocycles. The van der Waals surface area contributed by atoms with Gasteiger partial charge in [0.1, 0.15) is 17.1 Å². The van der Waals surface area contributed by atoms with E-state index in [9.17, 15) is 14.0 Å². The summed E-state index contributed by atoms with van der Waals surface area (Å²) in [7, 11) is 0. The summed E-state index contributed by atoms with van der Waals surface area (Å²) < 4.78 is 18.8. The largest absolute Gasteiger partial charge is 0.444 e. The fourth-order valence-corrected chi connectivity index (χ4v) is 4.84. The average molecular weight is 487 g/mol. The molecule has 0 saturated heterocycles. The lowest BCUT2D eigenvalue weighted by Gasteiger charge is -2.28. The van der Waals surface area contributed by atoms with E-state index in [-0.39, 0.29) is 29.2 Å². The molecular weight excluding hydrogens is 455 g/mol. The van der Waals surface area contributed by atoms with Crippen LogP contribution in [0.1, 0.15) is 98.4 Å². The minimum absolute atomic E-state index is 0.0776. The number of ketones is 1. The van der Waals surface area contributed by atoms with E-state index in [2.05, 4.69) is 5.32 Å². The van der Waals surface area contributed by atoms with Gasteiger partial charge in [0.25, 0.3) is 0 Å². The molecule has 0 bridgehead atoms. The molecule has 182 valence electrons. The van der Waals surface area contributed by atoms with E-state index >= 15 is 0 Å². The maximum absolute atomic E-state index is 13.5. The first kappa shape index (κ1) is 24.6. The molecule has 2 aliphatic rings. The first-order valence-corrected chi connectivity index (χ1v) is 12.4. The summed E-state index contributed by atoms with van der Waals surface area (Å²) in [6, 6.07) is 8.80. The number of alkyl carbamates (subject to hydrolysis) is 1. The molecule has 2 saturated carbocycles. The van der Waals surface area contributed by atoms with E-state index in [0.717, 1.165) is 49.7 Å². The fraction of sp³-hybridized carbons (Fsp3) is 0.519. The van der Waals surface area contributed by atoms with Crippen molar-refractivity contribution in [2.24, 2.45) is 5.92 Å². The van der Waals surface area contributed by atoms with E-state index in [4.69, 9.17) is 21.3 Å². The van der Waals surface area contributed by atoms with Crippen LogP contribution in [0.3, 0.4) is 0 Å². The van der Waals surface area contributed by atoms with Crippen molar-refractivity contribution in [1.82, 2.24) is 10.3 Å². The minimum atomic E-state index is -0.577. The predicted molar refractivity (Wildman–Crippen MR) is 130 cm³/mol. The number of aromatic nitrogens is 1. The lowest BCUT2D eigenvalue weighted by molar-refractivity contribution is 0.0523. The van der Waals surface area contributed by atoms with Crippen molar-refractivity contribution in [3.8, 4) is 0 Å². The third-order valence-electron chi connectivity index (χ3n) is 6.56. The van der Waals surface area contributed by atoms with Crippen molar-refractivity contribution in [3.63, 3.8) is 0 Å². The molecule has 5 nitrogen and oxygen atoms in total. The second-order valence-corrected chi connectivity index (χ2v) is 10.9. The van der Waals surface area contributed by atoms with Crippen LogP contribution < -0.4 is 5.32 Å². The molecule has 1 amide bonds. The van der Waals surface area contributed by atoms with Crippen LogP contribution in [0.25, 0.3) is 0 Å². The molecule has 1 aromatic carbocycles. The Bertz CT molecular complexity index is 1070. The van der Waals surface area contributed by atoms with Crippen LogP contribution >= 0.6 is 11.6 Å². The molecule has 1 heterocycles. The summed E-state index contributed by atoms with van der Waals surface area (Å²) in [5, 5.41) is 2.87. The molecule has 2 aromatic rings. The van der Waals surface area contributed by atoms with Gasteiger partial charge in [-0.2, -0.15) is 0 Å². The molecule has 0 radical (unpaired) electrons. The predicted octanol–water partition coefficient (Wildman–Crippen LogP) is 6.93. The summed E-state index contributed by atoms with van der Waals surface area (Å²) >= 11 is 5.97. The van der Waals surface area contributed by atoms with Crippen molar-refractivity contribution in [2.75, 3.05) is 0 Å². The molecular formula is C27H32ClFN2O3. The maximum Gasteiger partial charge on any atom is 0.407 e. The SMILES string of the molecule is CC(C)(C)OC(=O)NCc1ccc(C2CC2)c(C(=O)C2CCC(c3ccc(F)c(Cl)c3)CC2)n1. The van der Waals surface area contributed by atoms with Crippen LogP contribution in [0.5, 0.6) is 0 Å². The fourth-order valence-electron chi connectivity index (χ4n) is 4.66. The van der Waals surface area contributed by atoms with E-state index < -0.39 is 17.5 Å². The monoisotopic (exact) mass is 486 g/mol. The summed E-state index contributed by atoms with van der Waals surface area (Å²) in [6.45, 7) is 5.64. The second kappa shape index (κ2) is 10.0. The van der Waals surface area contributed by atoms with Gasteiger partial charge in [0.2, 0.25) is 0 Å². The third kappa shape index (κ3) is 6.15. The highest BCUT2D eigenvalue weighted by atomic mass is 35.5. The Morgan fingerprint density at radius 3 is 2.35 bits per heavy atom. The normalized spacial score (nSPS) is 20.6. The third-order valence-corrected chi connectivity index (χ3v) is 6.85. The number of hydrogen-bond acceptors (Lipinski definition) is 4. The number of ether oxygens (including phenoxy) is 1. The Balaban J connectivity index is 1.43. The highest BCUT2D eigenvalue weighted by molar-refractivity contribution is 6.30. The number of Topliss-reactive ketones (excluding diaryl/α,β-unsaturated/α-hetero) is 1. The Morgan fingerprint density at radius 2 is 1.74 bits per heavy atom. The van der Waals surface area contributed by atoms with Crippen LogP contribution in [0.15, 0.2) is 30.3 Å². The summed E-state index contributed by atoms with van der Waals surface area (Å²) in [5.74, 6) is 0.288. The zero-order chi connectivity index (χ0) is 24.5. The molecule has 0 unspecified atom stereocenters. The van der Waals surface area contributed by atoms with Gasteiger partial charge in [-0.1, -0.05) is 23.7 Å². The number of nitrogens with one attached hydrogen (secondary N) is 1. The molecule has 0 atom stereocenters. The van der Waals surface area contributed by atoms with Gasteiger partial charge in [0.05, 0.1) is 17.3 Å². The Morgan fingerprint density at radius 1 is 1.06 bits per heavy atom. The number of nitrogens with zero attached hydrogens (tertiary/aromatic N) is 1. The van der Waals surface area contributed by atoms with Crippen molar-refractivity contribution < 1.29 is 18.7 Å². The van der Waals surface area contributed by atoms with Crippen molar-refractivity contribution in [3.05, 3.63) is 63.7 Å². The van der Waals surface area contributed by atoms with Gasteiger partial charge in [0, 0.05) is 5.92 Å². The van der Waals surface area contributed by atoms with E-state index in [1.807, 2.05) is 32.9 Å². The quantitative estimate of drug-likeness (QED) is 0.449. The standard InChI is InChI=1S/C27H32ClFN2O3/c1-27(2,3)34-26(33)30-15-20-11-12-21(17-6-7-17)24(31-20)25(32)18-8-4-16(5-9-18)19-10-13-23(29)22(28)14-19/h10-14,16-18H,4-9,15H2,1-3H3,(H,30,33). The number of carbonyl (C=O) groups is 2. The van der Waals surface area contributed by atoms with Crippen LogP contribution in [0, 0.1) is 11.7 Å². The minimum Gasteiger partial charge on any atom is -0.444 e. The van der Waals surface area contributed by atoms with Crippen LogP contribution in [0.2, 0.25) is 5.02 Å². The lowest BCUT2D eigenvalue weighted by atomic mass is 9.76. The Kier molecular flexibility index (Phi) is 7.27. The topological polar surface area (TPSA) is 68.3 Å². The second-order valence-electron chi connectivity index (χ2n) is 10.5. The number of amides is 1. The number of pyridine rings is 1. The number of benzene rings is 1. The summed E-state index contributed by atoms with van der Waals surface area (Å²) in [6.07, 6.45) is 4.90. The smallest absolute Gasteiger partial charge is 0.407 e. The van der Waals surface area contributed by atoms with Gasteiger partial charge in [-0.15, -0.1) is 0 Å². The van der Waals surface area contributed by atoms with E-state index in [1.165, 1.54) is 6.07 Å². The van der Waals surface area contributed by atoms with Gasteiger partial charge in [-0.3, -0.25) is 4.79 Å². The van der Waals surface area contributed by atoms with Crippen LogP contribution in [-0.4, -0.2) is 22.5 Å². The molecule has 0 aliphatic heterocycles. The zero-order valence-electron chi connectivity index (χ0n) is 20.0. The zero-order valence-corrected chi connectivity index (χ0v) is 20.8. The van der Waals surface area contributed by atoms with Crippen molar-refractivity contribution >= 4 is 23.5 Å². The molecule has 0 spiro atoms. The number of carbonyl (C=O) groups excluding carboxylic acids is 2. The van der Waals surface area contributed by atoms with E-state index in [1.54, 1.807) is 12.1 Å². The van der Waals surface area contributed by atoms with Crippen molar-refractivity contribution in [1.29, 1.82) is 0 Å². The first-order chi connectivity index (χ1) is 16.1. The van der Waals surface area contributed by atoms with Gasteiger partial charge < -0.3 is 10.1 Å². The maximum atomic E-state index is 13.5. The molecule has 2 aliphatic carbocycles. The van der Waals surface area contributed by atoms with E-state index in [0.29, 0.717) is 17.3 Å². The lowest BCUT2D eigenvalue weighted by Crippen LogP contribution is -2.32. The first-order valence-electron chi connectivity index (χ1n) is 12.1. The van der Waals surface area contributed by atoms with Crippen molar-refractivity contribution in [2.45, 2.75) is 83.3 Å². The van der Waals surface area contributed by atoms with Crippen LogP contribution in [0.4, 0.5) is 9.18 Å². The van der Waals surface area contributed by atoms with Crippen LogP contribution in [-0.2, 0) is 11.3 Å². The average Bonchev–Trinajstić information content (AvgIpc) is 3.63. The molecule has 1 N–H and O–H groups in total. The van der Waals surface area contributed by atoms with Gasteiger partial charge in [-0.25, -0.2) is 14.2 Å². The summed E-state index contributed by atoms with van der Waals surface area (Å²) in [4.78, 5) is 30.2. The highest BCUT2D eigenvalue weighted by Crippen LogP contribution is 2.43. The molecule has 2 fully saturated rings. The number of rotatable bonds is 6. The van der Waals surface area contributed by atoms with Gasteiger partial charge in [0.15, 0.2) is 5.78 Å². The number of hydrogen-bond donors (Lipinski definition) is 1. The molecule has 4 rings (SSSR count). The van der Waals surface area contributed by atoms with Gasteiger partial charge >= 0.3 is 6.09 Å². The Labute approximate surface area is 205 Å². The summed E-state index contributed by atoms with van der Waals surface area (Å²) in [5.41, 5.74) is 2.68.